The molecule has 1 saturated carbocycles. The van der Waals surface area contributed by atoms with E-state index in [0.717, 1.165) is 5.56 Å². The molecule has 0 atom stereocenters. The summed E-state index contributed by atoms with van der Waals surface area (Å²) in [6.45, 7) is 2.23. The zero-order valence-corrected chi connectivity index (χ0v) is 10.6. The van der Waals surface area contributed by atoms with Crippen LogP contribution < -0.4 is 0 Å². The van der Waals surface area contributed by atoms with Gasteiger partial charge in [-0.05, 0) is 50.3 Å². The van der Waals surface area contributed by atoms with Crippen LogP contribution in [0.2, 0.25) is 0 Å². The number of pyridine rings is 1. The van der Waals surface area contributed by atoms with E-state index in [1.807, 2.05) is 19.1 Å². The highest BCUT2D eigenvalue weighted by atomic mass is 16.5. The minimum Gasteiger partial charge on any atom is -0.466 e. The second-order valence-corrected chi connectivity index (χ2v) is 4.79. The number of aliphatic hydroxyl groups is 1. The van der Waals surface area contributed by atoms with E-state index in [1.54, 1.807) is 12.4 Å². The number of hydrogen-bond acceptors (Lipinski definition) is 4. The first-order valence-electron chi connectivity index (χ1n) is 6.45. The molecule has 0 unspecified atom stereocenters. The van der Waals surface area contributed by atoms with Crippen LogP contribution in [-0.2, 0) is 15.1 Å². The smallest absolute Gasteiger partial charge is 0.308 e. The number of carbonyl (C=O) groups excluding carboxylic acids is 1. The van der Waals surface area contributed by atoms with Crippen LogP contribution in [0, 0.1) is 5.92 Å². The molecule has 18 heavy (non-hydrogen) atoms. The summed E-state index contributed by atoms with van der Waals surface area (Å²) in [5, 5.41) is 10.6. The van der Waals surface area contributed by atoms with Gasteiger partial charge in [-0.3, -0.25) is 9.78 Å². The Balaban J connectivity index is 1.99. The molecule has 0 amide bonds. The van der Waals surface area contributed by atoms with Gasteiger partial charge in [0.1, 0.15) is 0 Å². The van der Waals surface area contributed by atoms with E-state index in [9.17, 15) is 9.90 Å². The lowest BCUT2D eigenvalue weighted by molar-refractivity contribution is -0.151. The highest BCUT2D eigenvalue weighted by Gasteiger charge is 2.37. The van der Waals surface area contributed by atoms with Gasteiger partial charge in [-0.2, -0.15) is 0 Å². The van der Waals surface area contributed by atoms with Crippen LogP contribution in [-0.4, -0.2) is 22.7 Å². The fourth-order valence-electron chi connectivity index (χ4n) is 2.54. The van der Waals surface area contributed by atoms with Gasteiger partial charge < -0.3 is 9.84 Å². The number of carbonyl (C=O) groups is 1. The number of ether oxygens (including phenoxy) is 1. The molecule has 2 rings (SSSR count). The van der Waals surface area contributed by atoms with E-state index in [0.29, 0.717) is 32.3 Å². The lowest BCUT2D eigenvalue weighted by Gasteiger charge is -2.35. The first kappa shape index (κ1) is 13.0. The second-order valence-electron chi connectivity index (χ2n) is 4.79. The Morgan fingerprint density at radius 1 is 1.44 bits per heavy atom. The van der Waals surface area contributed by atoms with E-state index in [-0.39, 0.29) is 11.9 Å². The molecule has 0 spiro atoms. The van der Waals surface area contributed by atoms with Crippen molar-refractivity contribution in [1.82, 2.24) is 4.98 Å². The average molecular weight is 249 g/mol. The molecule has 1 aliphatic carbocycles. The summed E-state index contributed by atoms with van der Waals surface area (Å²) in [4.78, 5) is 15.6. The van der Waals surface area contributed by atoms with E-state index in [2.05, 4.69) is 4.98 Å². The van der Waals surface area contributed by atoms with Crippen LogP contribution in [0.15, 0.2) is 24.5 Å². The Labute approximate surface area is 107 Å². The molecule has 1 fully saturated rings. The molecule has 0 radical (unpaired) electrons. The summed E-state index contributed by atoms with van der Waals surface area (Å²) in [6, 6.07) is 3.68. The Bertz CT molecular complexity index is 397. The van der Waals surface area contributed by atoms with Gasteiger partial charge >= 0.3 is 5.97 Å². The summed E-state index contributed by atoms with van der Waals surface area (Å²) in [6.07, 6.45) is 5.92. The van der Waals surface area contributed by atoms with Crippen LogP contribution in [0.5, 0.6) is 0 Å². The zero-order valence-electron chi connectivity index (χ0n) is 10.6. The SMILES string of the molecule is CCOC(=O)C1CCC(O)(c2ccncc2)CC1. The molecular weight excluding hydrogens is 230 g/mol. The number of hydrogen-bond donors (Lipinski definition) is 1. The second kappa shape index (κ2) is 5.48. The normalized spacial score (nSPS) is 27.8. The summed E-state index contributed by atoms with van der Waals surface area (Å²) >= 11 is 0. The van der Waals surface area contributed by atoms with Crippen LogP contribution in [0.4, 0.5) is 0 Å². The minimum absolute atomic E-state index is 0.0629. The molecule has 0 saturated heterocycles. The third-order valence-corrected chi connectivity index (χ3v) is 3.65. The van der Waals surface area contributed by atoms with Crippen molar-refractivity contribution in [3.05, 3.63) is 30.1 Å². The van der Waals surface area contributed by atoms with Crippen molar-refractivity contribution in [1.29, 1.82) is 0 Å². The predicted octanol–water partition coefficient (Wildman–Crippen LogP) is 2.02. The van der Waals surface area contributed by atoms with Gasteiger partial charge in [0.15, 0.2) is 0 Å². The molecule has 4 nitrogen and oxygen atoms in total. The molecule has 1 heterocycles. The maximum atomic E-state index is 11.6. The lowest BCUT2D eigenvalue weighted by Crippen LogP contribution is -2.34. The van der Waals surface area contributed by atoms with E-state index in [4.69, 9.17) is 4.74 Å². The van der Waals surface area contributed by atoms with Crippen LogP contribution >= 0.6 is 0 Å². The van der Waals surface area contributed by atoms with Crippen molar-refractivity contribution in [2.45, 2.75) is 38.2 Å². The first-order chi connectivity index (χ1) is 8.65. The minimum atomic E-state index is -0.814. The zero-order chi connectivity index (χ0) is 13.0. The highest BCUT2D eigenvalue weighted by molar-refractivity contribution is 5.72. The quantitative estimate of drug-likeness (QED) is 0.833. The molecule has 4 heteroatoms. The van der Waals surface area contributed by atoms with Crippen molar-refractivity contribution < 1.29 is 14.6 Å². The number of nitrogens with zero attached hydrogens (tertiary/aromatic N) is 1. The number of aromatic nitrogens is 1. The third kappa shape index (κ3) is 2.70. The van der Waals surface area contributed by atoms with Gasteiger partial charge in [-0.15, -0.1) is 0 Å². The van der Waals surface area contributed by atoms with Crippen molar-refractivity contribution in [3.63, 3.8) is 0 Å². The predicted molar refractivity (Wildman–Crippen MR) is 66.7 cm³/mol. The molecule has 1 aromatic rings. The fraction of sp³-hybridized carbons (Fsp3) is 0.571. The fourth-order valence-corrected chi connectivity index (χ4v) is 2.54. The Morgan fingerprint density at radius 3 is 2.61 bits per heavy atom. The molecule has 0 bridgehead atoms. The van der Waals surface area contributed by atoms with Gasteiger partial charge in [0, 0.05) is 12.4 Å². The molecule has 1 aromatic heterocycles. The van der Waals surface area contributed by atoms with Crippen LogP contribution in [0.1, 0.15) is 38.2 Å². The number of rotatable bonds is 3. The standard InChI is InChI=1S/C14H19NO3/c1-2-18-13(16)11-3-7-14(17,8-4-11)12-5-9-15-10-6-12/h5-6,9-11,17H,2-4,7-8H2,1H3. The molecule has 1 aliphatic rings. The molecule has 98 valence electrons. The first-order valence-corrected chi connectivity index (χ1v) is 6.45. The third-order valence-electron chi connectivity index (χ3n) is 3.65. The summed E-state index contributed by atoms with van der Waals surface area (Å²) < 4.78 is 5.02. The van der Waals surface area contributed by atoms with Gasteiger partial charge in [0.25, 0.3) is 0 Å². The maximum Gasteiger partial charge on any atom is 0.308 e. The van der Waals surface area contributed by atoms with Gasteiger partial charge in [-0.25, -0.2) is 0 Å². The Kier molecular flexibility index (Phi) is 3.97. The Hall–Kier alpha value is -1.42. The van der Waals surface area contributed by atoms with Crippen molar-refractivity contribution in [2.75, 3.05) is 6.61 Å². The van der Waals surface area contributed by atoms with Crippen molar-refractivity contribution >= 4 is 5.97 Å². The van der Waals surface area contributed by atoms with Gasteiger partial charge in [0.05, 0.1) is 18.1 Å². The largest absolute Gasteiger partial charge is 0.466 e. The van der Waals surface area contributed by atoms with E-state index >= 15 is 0 Å². The monoisotopic (exact) mass is 249 g/mol. The molecule has 1 N–H and O–H groups in total. The Morgan fingerprint density at radius 2 is 2.06 bits per heavy atom. The lowest BCUT2D eigenvalue weighted by atomic mass is 9.75. The average Bonchev–Trinajstić information content (AvgIpc) is 2.41. The summed E-state index contributed by atoms with van der Waals surface area (Å²) in [7, 11) is 0. The van der Waals surface area contributed by atoms with E-state index in [1.165, 1.54) is 0 Å². The van der Waals surface area contributed by atoms with Gasteiger partial charge in [0.2, 0.25) is 0 Å². The highest BCUT2D eigenvalue weighted by Crippen LogP contribution is 2.39. The van der Waals surface area contributed by atoms with E-state index < -0.39 is 5.60 Å². The topological polar surface area (TPSA) is 59.4 Å². The maximum absolute atomic E-state index is 11.6. The van der Waals surface area contributed by atoms with Gasteiger partial charge in [-0.1, -0.05) is 0 Å². The number of esters is 1. The summed E-state index contributed by atoms with van der Waals surface area (Å²) in [5.41, 5.74) is 0.0752. The van der Waals surface area contributed by atoms with Crippen molar-refractivity contribution in [2.24, 2.45) is 5.92 Å². The molecule has 0 aliphatic heterocycles. The van der Waals surface area contributed by atoms with Crippen LogP contribution in [0.3, 0.4) is 0 Å². The molecular formula is C14H19NO3. The van der Waals surface area contributed by atoms with Crippen LogP contribution in [0.25, 0.3) is 0 Å². The van der Waals surface area contributed by atoms with Crippen molar-refractivity contribution in [3.8, 4) is 0 Å². The summed E-state index contributed by atoms with van der Waals surface area (Å²) in [5.74, 6) is -0.193. The molecule has 0 aromatic carbocycles.